The Balaban J connectivity index is 2.17. The van der Waals surface area contributed by atoms with E-state index in [1.807, 2.05) is 0 Å². The van der Waals surface area contributed by atoms with Gasteiger partial charge in [-0.25, -0.2) is 13.8 Å². The first-order valence-corrected chi connectivity index (χ1v) is 6.89. The molecule has 1 aliphatic rings. The number of nitrogens with zero attached hydrogens (tertiary/aromatic N) is 2. The molecule has 0 amide bonds. The van der Waals surface area contributed by atoms with E-state index in [0.717, 1.165) is 19.0 Å². The fourth-order valence-corrected chi connectivity index (χ4v) is 3.00. The average Bonchev–Trinajstić information content (AvgIpc) is 3.17. The summed E-state index contributed by atoms with van der Waals surface area (Å²) in [5.74, 6) is -1.96. The first kappa shape index (κ1) is 12.7. The third-order valence-corrected chi connectivity index (χ3v) is 4.59. The van der Waals surface area contributed by atoms with Crippen LogP contribution in [-0.2, 0) is 7.05 Å². The van der Waals surface area contributed by atoms with Gasteiger partial charge in [-0.05, 0) is 18.8 Å². The molecule has 3 nitrogen and oxygen atoms in total. The summed E-state index contributed by atoms with van der Waals surface area (Å²) in [6, 6.07) is 0. The van der Waals surface area contributed by atoms with Gasteiger partial charge in [-0.3, -0.25) is 4.79 Å². The Morgan fingerprint density at radius 2 is 2.21 bits per heavy atom. The molecule has 1 saturated carbocycles. The highest BCUT2D eigenvalue weighted by atomic mass is 79.9. The largest absolute Gasteiger partial charge is 0.335 e. The Morgan fingerprint density at radius 3 is 2.84 bits per heavy atom. The first-order chi connectivity index (χ1) is 9.00. The highest BCUT2D eigenvalue weighted by Crippen LogP contribution is 2.39. The second kappa shape index (κ2) is 4.37. The Kier molecular flexibility index (Phi) is 2.92. The number of rotatable bonds is 3. The Morgan fingerprint density at radius 1 is 1.53 bits per heavy atom. The van der Waals surface area contributed by atoms with E-state index < -0.39 is 11.6 Å². The number of aryl methyl sites for hydroxylation is 1. The summed E-state index contributed by atoms with van der Waals surface area (Å²) in [4.78, 5) is 15.9. The van der Waals surface area contributed by atoms with Gasteiger partial charge in [-0.15, -0.1) is 0 Å². The summed E-state index contributed by atoms with van der Waals surface area (Å²) >= 11 is 3.35. The maximum absolute atomic E-state index is 13.9. The highest BCUT2D eigenvalue weighted by molar-refractivity contribution is 9.10. The van der Waals surface area contributed by atoms with E-state index in [1.54, 1.807) is 7.05 Å². The summed E-state index contributed by atoms with van der Waals surface area (Å²) in [5.41, 5.74) is 0.466. The van der Waals surface area contributed by atoms with E-state index in [1.165, 1.54) is 10.8 Å². The van der Waals surface area contributed by atoms with Gasteiger partial charge in [0.25, 0.3) is 0 Å². The van der Waals surface area contributed by atoms with Crippen molar-refractivity contribution in [3.8, 4) is 0 Å². The van der Waals surface area contributed by atoms with E-state index in [4.69, 9.17) is 0 Å². The van der Waals surface area contributed by atoms with Crippen molar-refractivity contribution < 1.29 is 13.6 Å². The minimum absolute atomic E-state index is 0.0300. The third-order valence-electron chi connectivity index (χ3n) is 3.43. The van der Waals surface area contributed by atoms with Gasteiger partial charge in [0.1, 0.15) is 5.65 Å². The number of carbonyl (C=O) groups excluding carboxylic acids is 1. The molecule has 1 fully saturated rings. The number of Topliss-reactive ketones (excluding diaryl/α,β-unsaturated/α-hetero) is 1. The zero-order valence-corrected chi connectivity index (χ0v) is 11.7. The SMILES string of the molecule is Cn1cc(C(=O)C(Br)C2CC2)c2c(F)c(F)cnc21. The number of ketones is 1. The van der Waals surface area contributed by atoms with Crippen molar-refractivity contribution in [2.45, 2.75) is 17.7 Å². The van der Waals surface area contributed by atoms with Gasteiger partial charge in [0.2, 0.25) is 0 Å². The van der Waals surface area contributed by atoms with Crippen LogP contribution < -0.4 is 0 Å². The lowest BCUT2D eigenvalue weighted by molar-refractivity contribution is 0.0986. The molecule has 1 aliphatic carbocycles. The molecule has 0 spiro atoms. The molecular formula is C13H11BrF2N2O. The van der Waals surface area contributed by atoms with Gasteiger partial charge >= 0.3 is 0 Å². The summed E-state index contributed by atoms with van der Waals surface area (Å²) in [7, 11) is 1.66. The van der Waals surface area contributed by atoms with Crippen LogP contribution in [0.4, 0.5) is 8.78 Å². The second-order valence-electron chi connectivity index (χ2n) is 4.88. The molecule has 6 heteroatoms. The molecule has 0 saturated heterocycles. The van der Waals surface area contributed by atoms with E-state index in [9.17, 15) is 13.6 Å². The smallest absolute Gasteiger partial charge is 0.179 e. The molecule has 1 unspecified atom stereocenters. The van der Waals surface area contributed by atoms with Gasteiger partial charge in [0.05, 0.1) is 16.4 Å². The molecule has 0 N–H and O–H groups in total. The maximum atomic E-state index is 13.9. The van der Waals surface area contributed by atoms with Crippen molar-refractivity contribution in [2.75, 3.05) is 0 Å². The van der Waals surface area contributed by atoms with Gasteiger partial charge in [-0.1, -0.05) is 15.9 Å². The molecule has 1 atom stereocenters. The van der Waals surface area contributed by atoms with Gasteiger partial charge in [-0.2, -0.15) is 0 Å². The van der Waals surface area contributed by atoms with Crippen LogP contribution in [0.2, 0.25) is 0 Å². The van der Waals surface area contributed by atoms with Crippen molar-refractivity contribution in [1.82, 2.24) is 9.55 Å². The lowest BCUT2D eigenvalue weighted by Gasteiger charge is -2.06. The van der Waals surface area contributed by atoms with Crippen LogP contribution >= 0.6 is 15.9 Å². The van der Waals surface area contributed by atoms with Crippen LogP contribution in [0.25, 0.3) is 11.0 Å². The first-order valence-electron chi connectivity index (χ1n) is 5.98. The standard InChI is InChI=1S/C13H11BrF2N2O/c1-18-5-7(12(19)10(14)6-2-3-6)9-11(16)8(15)4-17-13(9)18/h4-6,10H,2-3H2,1H3. The number of fused-ring (bicyclic) bond motifs is 1. The van der Waals surface area contributed by atoms with Crippen LogP contribution in [0.5, 0.6) is 0 Å². The third kappa shape index (κ3) is 1.98. The summed E-state index contributed by atoms with van der Waals surface area (Å²) in [6.07, 6.45) is 4.32. The van der Waals surface area contributed by atoms with Gasteiger partial charge in [0.15, 0.2) is 17.4 Å². The fourth-order valence-electron chi connectivity index (χ4n) is 2.22. The average molecular weight is 329 g/mol. The van der Waals surface area contributed by atoms with Crippen LogP contribution in [0.15, 0.2) is 12.4 Å². The minimum atomic E-state index is -1.04. The zero-order valence-electron chi connectivity index (χ0n) is 10.2. The predicted octanol–water partition coefficient (Wildman–Crippen LogP) is 3.21. The van der Waals surface area contributed by atoms with Crippen molar-refractivity contribution in [3.63, 3.8) is 0 Å². The lowest BCUT2D eigenvalue weighted by Crippen LogP contribution is -2.16. The van der Waals surface area contributed by atoms with Gasteiger partial charge < -0.3 is 4.57 Å². The van der Waals surface area contributed by atoms with E-state index in [-0.39, 0.29) is 27.2 Å². The molecule has 0 bridgehead atoms. The summed E-state index contributed by atoms with van der Waals surface area (Å²) < 4.78 is 28.8. The van der Waals surface area contributed by atoms with Crippen LogP contribution in [0, 0.1) is 17.6 Å². The number of hydrogen-bond acceptors (Lipinski definition) is 2. The fraction of sp³-hybridized carbons (Fsp3) is 0.385. The van der Waals surface area contributed by atoms with Crippen molar-refractivity contribution in [3.05, 3.63) is 29.6 Å². The number of carbonyl (C=O) groups is 1. The number of aromatic nitrogens is 2. The summed E-state index contributed by atoms with van der Waals surface area (Å²) in [6.45, 7) is 0. The molecule has 0 aromatic carbocycles. The molecule has 2 heterocycles. The van der Waals surface area contributed by atoms with Crippen LogP contribution in [0.3, 0.4) is 0 Å². The Hall–Kier alpha value is -1.30. The molecule has 3 rings (SSSR count). The predicted molar refractivity (Wildman–Crippen MR) is 70.4 cm³/mol. The van der Waals surface area contributed by atoms with Gasteiger partial charge in [0, 0.05) is 18.8 Å². The molecular weight excluding hydrogens is 318 g/mol. The lowest BCUT2D eigenvalue weighted by atomic mass is 10.1. The van der Waals surface area contributed by atoms with E-state index in [0.29, 0.717) is 5.92 Å². The summed E-state index contributed by atoms with van der Waals surface area (Å²) in [5, 5.41) is -0.0300. The normalized spacial score (nSPS) is 16.8. The Labute approximate surface area is 116 Å². The number of pyridine rings is 1. The quantitative estimate of drug-likeness (QED) is 0.640. The van der Waals surface area contributed by atoms with E-state index in [2.05, 4.69) is 20.9 Å². The van der Waals surface area contributed by atoms with Crippen LogP contribution in [-0.4, -0.2) is 20.2 Å². The monoisotopic (exact) mass is 328 g/mol. The molecule has 0 radical (unpaired) electrons. The molecule has 0 aliphatic heterocycles. The van der Waals surface area contributed by atoms with Crippen molar-refractivity contribution >= 4 is 32.7 Å². The van der Waals surface area contributed by atoms with Crippen molar-refractivity contribution in [1.29, 1.82) is 0 Å². The topological polar surface area (TPSA) is 34.9 Å². The second-order valence-corrected chi connectivity index (χ2v) is 5.86. The highest BCUT2D eigenvalue weighted by Gasteiger charge is 2.36. The molecule has 2 aromatic rings. The Bertz CT molecular complexity index is 679. The number of alkyl halides is 1. The minimum Gasteiger partial charge on any atom is -0.335 e. The number of hydrogen-bond donors (Lipinski definition) is 0. The van der Waals surface area contributed by atoms with Crippen molar-refractivity contribution in [2.24, 2.45) is 13.0 Å². The molecule has 2 aromatic heterocycles. The van der Waals surface area contributed by atoms with Crippen LogP contribution in [0.1, 0.15) is 23.2 Å². The maximum Gasteiger partial charge on any atom is 0.179 e. The molecule has 19 heavy (non-hydrogen) atoms. The number of halogens is 3. The van der Waals surface area contributed by atoms with E-state index >= 15 is 0 Å². The zero-order chi connectivity index (χ0) is 13.7. The molecule has 100 valence electrons.